The zero-order valence-electron chi connectivity index (χ0n) is 15.5. The molecule has 2 amide bonds. The van der Waals surface area contributed by atoms with Crippen LogP contribution >= 0.6 is 0 Å². The molecule has 1 heterocycles. The van der Waals surface area contributed by atoms with Crippen molar-refractivity contribution in [1.82, 2.24) is 0 Å². The maximum absolute atomic E-state index is 12.7. The van der Waals surface area contributed by atoms with Gasteiger partial charge in [-0.3, -0.25) is 9.59 Å². The van der Waals surface area contributed by atoms with Gasteiger partial charge >= 0.3 is 0 Å². The number of amides is 2. The van der Waals surface area contributed by atoms with Crippen LogP contribution in [-0.4, -0.2) is 25.0 Å². The van der Waals surface area contributed by atoms with Crippen molar-refractivity contribution in [2.75, 3.05) is 23.4 Å². The number of nitrogens with zero attached hydrogens (tertiary/aromatic N) is 1. The quantitative estimate of drug-likeness (QED) is 0.880. The average molecular weight is 364 g/mol. The molecule has 0 atom stereocenters. The number of rotatable bonds is 5. The Bertz CT molecular complexity index is 874. The molecule has 1 aliphatic carbocycles. The maximum atomic E-state index is 12.7. The molecule has 27 heavy (non-hydrogen) atoms. The van der Waals surface area contributed by atoms with E-state index in [4.69, 9.17) is 4.74 Å². The normalized spacial score (nSPS) is 15.8. The third-order valence-electron chi connectivity index (χ3n) is 5.07. The van der Waals surface area contributed by atoms with Crippen LogP contribution in [0.1, 0.15) is 30.4 Å². The van der Waals surface area contributed by atoms with Crippen LogP contribution in [0.4, 0.5) is 11.4 Å². The van der Waals surface area contributed by atoms with E-state index >= 15 is 0 Å². The predicted octanol–water partition coefficient (Wildman–Crippen LogP) is 3.70. The molecular formula is C22H24N2O3. The summed E-state index contributed by atoms with van der Waals surface area (Å²) >= 11 is 0. The van der Waals surface area contributed by atoms with Crippen molar-refractivity contribution in [3.63, 3.8) is 0 Å². The van der Waals surface area contributed by atoms with Crippen molar-refractivity contribution in [3.8, 4) is 5.75 Å². The predicted molar refractivity (Wildman–Crippen MR) is 105 cm³/mol. The Kier molecular flexibility index (Phi) is 4.84. The van der Waals surface area contributed by atoms with Gasteiger partial charge in [0.25, 0.3) is 5.91 Å². The highest BCUT2D eigenvalue weighted by molar-refractivity contribution is 5.96. The Balaban J connectivity index is 1.39. The summed E-state index contributed by atoms with van der Waals surface area (Å²) in [5.41, 5.74) is 4.13. The van der Waals surface area contributed by atoms with Gasteiger partial charge in [-0.25, -0.2) is 0 Å². The first kappa shape index (κ1) is 17.6. The van der Waals surface area contributed by atoms with E-state index in [0.717, 1.165) is 37.9 Å². The zero-order valence-corrected chi connectivity index (χ0v) is 15.5. The molecule has 2 aromatic rings. The standard InChI is InChI=1S/C22H24N2O3/c1-15-7-10-20-17(12-15)4-3-11-24(20)21(25)14-27-19-6-2-5-18(13-19)23-22(26)16-8-9-16/h2,5-7,10,12-13,16H,3-4,8-9,11,14H2,1H3,(H,23,26). The van der Waals surface area contributed by atoms with E-state index in [1.165, 1.54) is 11.1 Å². The first-order valence-corrected chi connectivity index (χ1v) is 9.54. The highest BCUT2D eigenvalue weighted by Crippen LogP contribution is 2.31. The molecule has 0 unspecified atom stereocenters. The molecule has 1 aliphatic heterocycles. The second-order valence-corrected chi connectivity index (χ2v) is 7.36. The number of hydrogen-bond donors (Lipinski definition) is 1. The topological polar surface area (TPSA) is 58.6 Å². The highest BCUT2D eigenvalue weighted by atomic mass is 16.5. The molecule has 140 valence electrons. The Hall–Kier alpha value is -2.82. The van der Waals surface area contributed by atoms with Gasteiger partial charge in [-0.1, -0.05) is 23.8 Å². The van der Waals surface area contributed by atoms with Crippen molar-refractivity contribution in [2.45, 2.75) is 32.6 Å². The third-order valence-corrected chi connectivity index (χ3v) is 5.07. The molecule has 1 saturated carbocycles. The Morgan fingerprint density at radius 1 is 1.19 bits per heavy atom. The van der Waals surface area contributed by atoms with Crippen molar-refractivity contribution in [1.29, 1.82) is 0 Å². The van der Waals surface area contributed by atoms with Gasteiger partial charge in [0.1, 0.15) is 5.75 Å². The number of anilines is 2. The Morgan fingerprint density at radius 2 is 2.04 bits per heavy atom. The lowest BCUT2D eigenvalue weighted by molar-refractivity contribution is -0.120. The number of nitrogens with one attached hydrogen (secondary N) is 1. The molecule has 0 saturated heterocycles. The fourth-order valence-corrected chi connectivity index (χ4v) is 3.46. The molecule has 2 aromatic carbocycles. The summed E-state index contributed by atoms with van der Waals surface area (Å²) in [7, 11) is 0. The number of carbonyl (C=O) groups is 2. The minimum Gasteiger partial charge on any atom is -0.484 e. The second kappa shape index (κ2) is 7.43. The second-order valence-electron chi connectivity index (χ2n) is 7.36. The van der Waals surface area contributed by atoms with Crippen LogP contribution in [0.25, 0.3) is 0 Å². The van der Waals surface area contributed by atoms with Crippen LogP contribution in [0.2, 0.25) is 0 Å². The lowest BCUT2D eigenvalue weighted by Gasteiger charge is -2.29. The molecule has 0 radical (unpaired) electrons. The molecule has 5 nitrogen and oxygen atoms in total. The maximum Gasteiger partial charge on any atom is 0.264 e. The number of fused-ring (bicyclic) bond motifs is 1. The van der Waals surface area contributed by atoms with Gasteiger partial charge in [0.15, 0.2) is 6.61 Å². The SMILES string of the molecule is Cc1ccc2c(c1)CCCN2C(=O)COc1cccc(NC(=O)C2CC2)c1. The van der Waals surface area contributed by atoms with Crippen molar-refractivity contribution < 1.29 is 14.3 Å². The lowest BCUT2D eigenvalue weighted by Crippen LogP contribution is -2.38. The van der Waals surface area contributed by atoms with E-state index < -0.39 is 0 Å². The van der Waals surface area contributed by atoms with Crippen molar-refractivity contribution in [3.05, 3.63) is 53.6 Å². The summed E-state index contributed by atoms with van der Waals surface area (Å²) in [6, 6.07) is 13.4. The first-order chi connectivity index (χ1) is 13.1. The van der Waals surface area contributed by atoms with Crippen LogP contribution in [0.15, 0.2) is 42.5 Å². The highest BCUT2D eigenvalue weighted by Gasteiger charge is 2.29. The zero-order chi connectivity index (χ0) is 18.8. The smallest absolute Gasteiger partial charge is 0.264 e. The van der Waals surface area contributed by atoms with Gasteiger partial charge in [-0.05, 0) is 56.4 Å². The number of aryl methyl sites for hydroxylation is 2. The van der Waals surface area contributed by atoms with Gasteiger partial charge in [0.2, 0.25) is 5.91 Å². The summed E-state index contributed by atoms with van der Waals surface area (Å²) in [6.45, 7) is 2.77. The average Bonchev–Trinajstić information content (AvgIpc) is 3.51. The van der Waals surface area contributed by atoms with Gasteiger partial charge in [0, 0.05) is 29.9 Å². The molecule has 1 fully saturated rings. The lowest BCUT2D eigenvalue weighted by atomic mass is 9.99. The van der Waals surface area contributed by atoms with Crippen LogP contribution in [-0.2, 0) is 16.0 Å². The minimum atomic E-state index is -0.0489. The third kappa shape index (κ3) is 4.13. The molecule has 0 spiro atoms. The number of hydrogen-bond acceptors (Lipinski definition) is 3. The van der Waals surface area contributed by atoms with E-state index in [1.807, 2.05) is 29.2 Å². The van der Waals surface area contributed by atoms with Gasteiger partial charge in [-0.2, -0.15) is 0 Å². The van der Waals surface area contributed by atoms with Gasteiger partial charge < -0.3 is 15.0 Å². The fraction of sp³-hybridized carbons (Fsp3) is 0.364. The Morgan fingerprint density at radius 3 is 2.85 bits per heavy atom. The largest absolute Gasteiger partial charge is 0.484 e. The van der Waals surface area contributed by atoms with Crippen LogP contribution in [0.3, 0.4) is 0 Å². The molecule has 2 aliphatic rings. The monoisotopic (exact) mass is 364 g/mol. The van der Waals surface area contributed by atoms with Gasteiger partial charge in [0.05, 0.1) is 0 Å². The summed E-state index contributed by atoms with van der Waals surface area (Å²) in [4.78, 5) is 26.4. The van der Waals surface area contributed by atoms with Crippen molar-refractivity contribution >= 4 is 23.2 Å². The molecule has 0 bridgehead atoms. The summed E-state index contributed by atoms with van der Waals surface area (Å²) < 4.78 is 5.72. The molecule has 0 aromatic heterocycles. The van der Waals surface area contributed by atoms with E-state index in [-0.39, 0.29) is 24.3 Å². The number of benzene rings is 2. The first-order valence-electron chi connectivity index (χ1n) is 9.54. The number of carbonyl (C=O) groups excluding carboxylic acids is 2. The van der Waals surface area contributed by atoms with E-state index in [2.05, 4.69) is 18.3 Å². The van der Waals surface area contributed by atoms with Crippen molar-refractivity contribution in [2.24, 2.45) is 5.92 Å². The summed E-state index contributed by atoms with van der Waals surface area (Å²) in [5, 5.41) is 2.90. The molecule has 5 heteroatoms. The minimum absolute atomic E-state index is 0.0205. The summed E-state index contributed by atoms with van der Waals surface area (Å²) in [6.07, 6.45) is 3.90. The Labute approximate surface area is 159 Å². The van der Waals surface area contributed by atoms with E-state index in [1.54, 1.807) is 12.1 Å². The molecular weight excluding hydrogens is 340 g/mol. The van der Waals surface area contributed by atoms with Crippen LogP contribution in [0, 0.1) is 12.8 Å². The fourth-order valence-electron chi connectivity index (χ4n) is 3.46. The van der Waals surface area contributed by atoms with E-state index in [9.17, 15) is 9.59 Å². The number of ether oxygens (including phenoxy) is 1. The van der Waals surface area contributed by atoms with Crippen LogP contribution < -0.4 is 15.0 Å². The molecule has 1 N–H and O–H groups in total. The van der Waals surface area contributed by atoms with E-state index in [0.29, 0.717) is 11.4 Å². The summed E-state index contributed by atoms with van der Waals surface area (Å²) in [5.74, 6) is 0.743. The van der Waals surface area contributed by atoms with Crippen LogP contribution in [0.5, 0.6) is 5.75 Å². The molecule has 4 rings (SSSR count). The van der Waals surface area contributed by atoms with Gasteiger partial charge in [-0.15, -0.1) is 0 Å².